The molecule has 1 aromatic heterocycles. The third-order valence-electron chi connectivity index (χ3n) is 14.9. The first-order valence-electron chi connectivity index (χ1n) is 23.6. The Morgan fingerprint density at radius 3 is 1.59 bits per heavy atom. The van der Waals surface area contributed by atoms with E-state index in [4.69, 9.17) is 9.47 Å². The molecule has 2 amide bonds. The Kier molecular flexibility index (Phi) is 9.80. The van der Waals surface area contributed by atoms with Gasteiger partial charge in [-0.25, -0.2) is 9.88 Å². The molecular weight excluding hydrogens is 827 g/mol. The molecule has 12 rings (SSSR count). The first-order chi connectivity index (χ1) is 32.3. The summed E-state index contributed by atoms with van der Waals surface area (Å²) < 4.78 is 12.1. The highest BCUT2D eigenvalue weighted by Crippen LogP contribution is 2.51. The molecule has 0 spiro atoms. The Morgan fingerprint density at radius 1 is 0.500 bits per heavy atom. The van der Waals surface area contributed by atoms with Crippen LogP contribution in [0.5, 0.6) is 23.0 Å². The number of fused-ring (bicyclic) bond motifs is 1. The predicted molar refractivity (Wildman–Crippen MR) is 252 cm³/mol. The minimum atomic E-state index is -1.44. The van der Waals surface area contributed by atoms with Crippen molar-refractivity contribution in [2.45, 2.75) is 101 Å². The van der Waals surface area contributed by atoms with Gasteiger partial charge in [-0.2, -0.15) is 0 Å². The normalized spacial score (nSPS) is 18.1. The van der Waals surface area contributed by atoms with E-state index in [2.05, 4.69) is 22.1 Å². The number of anilines is 1. The number of imide groups is 1. The number of H-pyrrole nitrogens is 1. The Balaban J connectivity index is 0.884. The number of rotatable bonds is 9. The summed E-state index contributed by atoms with van der Waals surface area (Å²) in [5, 5.41) is 0.836. The number of nitrogens with zero attached hydrogens (tertiary/aromatic N) is 2. The second-order valence-corrected chi connectivity index (χ2v) is 18.8. The minimum Gasteiger partial charge on any atom is -0.457 e. The van der Waals surface area contributed by atoms with Crippen LogP contribution in [0.15, 0.2) is 114 Å². The third kappa shape index (κ3) is 6.67. The molecule has 0 bridgehead atoms. The van der Waals surface area contributed by atoms with Gasteiger partial charge in [0.2, 0.25) is 0 Å². The molecule has 6 aromatic carbocycles. The highest BCUT2D eigenvalue weighted by Gasteiger charge is 2.45. The van der Waals surface area contributed by atoms with Crippen LogP contribution in [-0.4, -0.2) is 33.3 Å². The maximum absolute atomic E-state index is 15.1. The van der Waals surface area contributed by atoms with Crippen molar-refractivity contribution in [3.63, 3.8) is 0 Å². The van der Waals surface area contributed by atoms with Crippen molar-refractivity contribution in [2.24, 2.45) is 0 Å². The largest absolute Gasteiger partial charge is 0.457 e. The van der Waals surface area contributed by atoms with Gasteiger partial charge >= 0.3 is 0 Å². The number of carbonyl (C=O) groups is 4. The Labute approximate surface area is 381 Å². The maximum Gasteiger partial charge on any atom is 0.266 e. The lowest BCUT2D eigenvalue weighted by atomic mass is 9.76. The summed E-state index contributed by atoms with van der Waals surface area (Å²) in [4.78, 5) is 81.9. The molecule has 0 unspecified atom stereocenters. The predicted octanol–water partition coefficient (Wildman–Crippen LogP) is 12.6. The Bertz CT molecular complexity index is 3140. The highest BCUT2D eigenvalue weighted by molar-refractivity contribution is 6.41. The number of ether oxygens (including phenoxy) is 2. The average Bonchev–Trinajstić information content (AvgIpc) is 4.17. The lowest BCUT2D eigenvalue weighted by molar-refractivity contribution is 0.0842. The van der Waals surface area contributed by atoms with Gasteiger partial charge in [0.1, 0.15) is 34.7 Å². The van der Waals surface area contributed by atoms with E-state index >= 15 is 9.59 Å². The fourth-order valence-corrected chi connectivity index (χ4v) is 11.7. The fourth-order valence-electron chi connectivity index (χ4n) is 11.7. The van der Waals surface area contributed by atoms with Crippen molar-refractivity contribution in [3.8, 4) is 23.0 Å². The maximum atomic E-state index is 15.1. The first kappa shape index (κ1) is 40.3. The van der Waals surface area contributed by atoms with Crippen LogP contribution < -0.4 is 19.9 Å². The summed E-state index contributed by atoms with van der Waals surface area (Å²) in [6, 6.07) is 32.5. The number of Topliss-reactive ketones (excluding diaryl/α,β-unsaturated/α-hetero) is 2. The molecule has 1 aliphatic heterocycles. The monoisotopic (exact) mass is 873 g/mol. The molecule has 4 aliphatic carbocycles. The molecule has 3 fully saturated rings. The molecule has 0 atom stereocenters. The number of aromatic amines is 1. The number of ketones is 2. The minimum absolute atomic E-state index is 0.0840. The molecule has 1 N–H and O–H groups in total. The Hall–Kier alpha value is -7.20. The quantitative estimate of drug-likeness (QED) is 0.112. The van der Waals surface area contributed by atoms with Gasteiger partial charge in [-0.05, 0) is 140 Å². The second kappa shape index (κ2) is 16.0. The van der Waals surface area contributed by atoms with Crippen molar-refractivity contribution in [1.29, 1.82) is 0 Å². The zero-order chi connectivity index (χ0) is 44.6. The molecule has 3 saturated carbocycles. The molecule has 0 saturated heterocycles. The number of aromatic nitrogens is 2. The molecule has 66 heavy (non-hydrogen) atoms. The zero-order valence-corrected chi connectivity index (χ0v) is 36.4. The van der Waals surface area contributed by atoms with E-state index in [0.29, 0.717) is 50.8 Å². The van der Waals surface area contributed by atoms with Crippen molar-refractivity contribution in [3.05, 3.63) is 164 Å². The topological polar surface area (TPSA) is 136 Å². The number of hydrogen-bond donors (Lipinski definition) is 1. The Morgan fingerprint density at radius 2 is 1.00 bits per heavy atom. The average molecular weight is 874 g/mol. The van der Waals surface area contributed by atoms with Crippen LogP contribution in [0.25, 0.3) is 21.7 Å². The van der Waals surface area contributed by atoms with Gasteiger partial charge in [0.15, 0.2) is 11.6 Å². The number of carbonyl (C=O) groups excluding carboxylic acids is 4. The van der Waals surface area contributed by atoms with Crippen molar-refractivity contribution in [1.82, 2.24) is 9.97 Å². The van der Waals surface area contributed by atoms with E-state index in [1.54, 1.807) is 60.7 Å². The molecular formula is C56H47N3O7. The standard InChI is InChI=1S/C56H47N3O7/c60-51-39-22-24-41-48-42(56(64)59(55(41)63)50-43(32-13-6-7-14-32)27-34(31-11-4-5-12-31)28-44(50)33-15-8-9-16-33)25-23-40(47(39)48)52(61)49(51)53-57-46-26-21-38(30-45(46)54(62)58-53)66-37-20-10-19-36(29-37)65-35-17-2-1-3-18-35/h1-3,10,17-33,49H,4-9,11-16H2,(H,57,58,62). The van der Waals surface area contributed by atoms with Crippen molar-refractivity contribution < 1.29 is 28.7 Å². The van der Waals surface area contributed by atoms with E-state index in [0.717, 1.165) is 68.2 Å². The van der Waals surface area contributed by atoms with Gasteiger partial charge in [0.25, 0.3) is 17.4 Å². The smallest absolute Gasteiger partial charge is 0.266 e. The van der Waals surface area contributed by atoms with Crippen LogP contribution in [0.1, 0.15) is 165 Å². The van der Waals surface area contributed by atoms with Gasteiger partial charge in [-0.3, -0.25) is 24.0 Å². The molecule has 0 radical (unpaired) electrons. The molecule has 10 nitrogen and oxygen atoms in total. The number of nitrogens with one attached hydrogen (secondary N) is 1. The van der Waals surface area contributed by atoms with Crippen LogP contribution in [0.3, 0.4) is 0 Å². The summed E-state index contributed by atoms with van der Waals surface area (Å²) >= 11 is 0. The fraction of sp³-hybridized carbons (Fsp3) is 0.286. The number of amides is 2. The lowest BCUT2D eigenvalue weighted by Gasteiger charge is -2.35. The summed E-state index contributed by atoms with van der Waals surface area (Å²) in [5.74, 6) is -0.349. The molecule has 7 aromatic rings. The number of para-hydroxylation sites is 1. The van der Waals surface area contributed by atoms with E-state index < -0.39 is 34.9 Å². The van der Waals surface area contributed by atoms with Gasteiger partial charge in [-0.15, -0.1) is 0 Å². The van der Waals surface area contributed by atoms with Crippen LogP contribution in [-0.2, 0) is 0 Å². The molecule has 10 heteroatoms. The lowest BCUT2D eigenvalue weighted by Crippen LogP contribution is -2.42. The molecule has 5 aliphatic rings. The second-order valence-electron chi connectivity index (χ2n) is 18.8. The van der Waals surface area contributed by atoms with E-state index in [1.165, 1.54) is 36.1 Å². The zero-order valence-electron chi connectivity index (χ0n) is 36.4. The van der Waals surface area contributed by atoms with Gasteiger partial charge in [0.05, 0.1) is 16.6 Å². The molecule has 2 heterocycles. The van der Waals surface area contributed by atoms with Crippen molar-refractivity contribution in [2.75, 3.05) is 4.90 Å². The van der Waals surface area contributed by atoms with Gasteiger partial charge < -0.3 is 14.5 Å². The SMILES string of the molecule is O=C1c2ccc3c4c(ccc(c24)C(=O)C1c1nc2ccc(Oc4cccc(Oc5ccccc5)c4)cc2c(=O)[nH]1)C(=O)N(c1c(C2CCCC2)cc(C2CCCC2)cc1C1CCCC1)C3=O. The van der Waals surface area contributed by atoms with Crippen LogP contribution in [0, 0.1) is 0 Å². The van der Waals surface area contributed by atoms with E-state index in [1.807, 2.05) is 36.4 Å². The highest BCUT2D eigenvalue weighted by atomic mass is 16.5. The summed E-state index contributed by atoms with van der Waals surface area (Å²) in [6.45, 7) is 0. The van der Waals surface area contributed by atoms with E-state index in [-0.39, 0.29) is 39.7 Å². The first-order valence-corrected chi connectivity index (χ1v) is 23.6. The van der Waals surface area contributed by atoms with Gasteiger partial charge in [0, 0.05) is 39.1 Å². The summed E-state index contributed by atoms with van der Waals surface area (Å²) in [5.41, 5.74) is 5.11. The third-order valence-corrected chi connectivity index (χ3v) is 14.9. The summed E-state index contributed by atoms with van der Waals surface area (Å²) in [6.07, 6.45) is 13.4. The van der Waals surface area contributed by atoms with Crippen molar-refractivity contribution >= 4 is 50.7 Å². The molecule has 328 valence electrons. The van der Waals surface area contributed by atoms with Crippen LogP contribution in [0.2, 0.25) is 0 Å². The van der Waals surface area contributed by atoms with E-state index in [9.17, 15) is 14.4 Å². The summed E-state index contributed by atoms with van der Waals surface area (Å²) in [7, 11) is 0. The van der Waals surface area contributed by atoms with Crippen LogP contribution >= 0.6 is 0 Å². The number of hydrogen-bond acceptors (Lipinski definition) is 8. The van der Waals surface area contributed by atoms with Gasteiger partial charge in [-0.1, -0.05) is 74.9 Å². The number of benzene rings is 6. The van der Waals surface area contributed by atoms with Crippen LogP contribution in [0.4, 0.5) is 5.69 Å².